The second-order valence-electron chi connectivity index (χ2n) is 7.24. The summed E-state index contributed by atoms with van der Waals surface area (Å²) in [6.07, 6.45) is 5.46. The van der Waals surface area contributed by atoms with E-state index < -0.39 is 0 Å². The van der Waals surface area contributed by atoms with Crippen LogP contribution in [0.3, 0.4) is 0 Å². The van der Waals surface area contributed by atoms with Crippen molar-refractivity contribution in [2.75, 3.05) is 33.2 Å². The number of guanidine groups is 1. The predicted molar refractivity (Wildman–Crippen MR) is 132 cm³/mol. The van der Waals surface area contributed by atoms with Gasteiger partial charge in [-0.1, -0.05) is 13.0 Å². The lowest BCUT2D eigenvalue weighted by Crippen LogP contribution is -2.45. The Labute approximate surface area is 194 Å². The Hall–Kier alpha value is -0.710. The van der Waals surface area contributed by atoms with Gasteiger partial charge in [-0.3, -0.25) is 9.89 Å². The third-order valence-corrected chi connectivity index (χ3v) is 7.06. The SMILES string of the molecule is CN=C(NCCc1ncc(C)s1)NCC(c1cccs1)N1CCC(C)CC1.I. The largest absolute Gasteiger partial charge is 0.356 e. The number of rotatable bonds is 7. The van der Waals surface area contributed by atoms with Crippen molar-refractivity contribution < 1.29 is 0 Å². The summed E-state index contributed by atoms with van der Waals surface area (Å²) in [5.41, 5.74) is 0. The maximum absolute atomic E-state index is 4.43. The number of aromatic nitrogens is 1. The Bertz CT molecular complexity index is 708. The molecule has 3 rings (SSSR count). The Balaban J connectivity index is 0.00000280. The highest BCUT2D eigenvalue weighted by Gasteiger charge is 2.25. The smallest absolute Gasteiger partial charge is 0.191 e. The minimum atomic E-state index is 0. The standard InChI is InChI=1S/C20H31N5S2.HI/c1-15-7-10-25(11-8-15)17(18-5-4-12-26-18)14-24-20(21-3)22-9-6-19-23-13-16(2)27-19;/h4-5,12-13,15,17H,6-11,14H2,1-3H3,(H2,21,22,24);1H. The zero-order valence-corrected chi connectivity index (χ0v) is 20.9. The topological polar surface area (TPSA) is 52.6 Å². The molecule has 1 aliphatic heterocycles. The van der Waals surface area contributed by atoms with E-state index in [0.717, 1.165) is 31.4 Å². The van der Waals surface area contributed by atoms with Gasteiger partial charge in [-0.05, 0) is 50.2 Å². The molecule has 2 aromatic rings. The molecule has 0 aromatic carbocycles. The first-order valence-corrected chi connectivity index (χ1v) is 11.5. The molecule has 0 bridgehead atoms. The Morgan fingerprint density at radius 3 is 2.75 bits per heavy atom. The molecule has 1 saturated heterocycles. The number of likely N-dealkylation sites (tertiary alicyclic amines) is 1. The molecule has 2 aromatic heterocycles. The van der Waals surface area contributed by atoms with Crippen LogP contribution in [0.4, 0.5) is 0 Å². The maximum Gasteiger partial charge on any atom is 0.191 e. The van der Waals surface area contributed by atoms with Crippen molar-refractivity contribution in [3.8, 4) is 0 Å². The van der Waals surface area contributed by atoms with Crippen LogP contribution in [0.1, 0.15) is 40.6 Å². The second kappa shape index (κ2) is 12.1. The van der Waals surface area contributed by atoms with Crippen LogP contribution >= 0.6 is 46.7 Å². The van der Waals surface area contributed by atoms with Crippen molar-refractivity contribution in [1.29, 1.82) is 0 Å². The molecule has 0 radical (unpaired) electrons. The number of thiophene rings is 1. The molecule has 1 unspecified atom stereocenters. The summed E-state index contributed by atoms with van der Waals surface area (Å²) in [4.78, 5) is 14.2. The van der Waals surface area contributed by atoms with Gasteiger partial charge in [0, 0.05) is 42.5 Å². The molecular formula is C20H32IN5S2. The number of hydrogen-bond donors (Lipinski definition) is 2. The van der Waals surface area contributed by atoms with Gasteiger partial charge in [0.15, 0.2) is 5.96 Å². The van der Waals surface area contributed by atoms with E-state index in [1.165, 1.54) is 40.7 Å². The maximum atomic E-state index is 4.43. The van der Waals surface area contributed by atoms with Crippen LogP contribution in [0.2, 0.25) is 0 Å². The van der Waals surface area contributed by atoms with Crippen LogP contribution in [0.25, 0.3) is 0 Å². The molecule has 28 heavy (non-hydrogen) atoms. The molecule has 0 amide bonds. The van der Waals surface area contributed by atoms with Gasteiger partial charge in [0.2, 0.25) is 0 Å². The lowest BCUT2D eigenvalue weighted by molar-refractivity contribution is 0.140. The summed E-state index contributed by atoms with van der Waals surface area (Å²) in [5.74, 6) is 1.72. The summed E-state index contributed by atoms with van der Waals surface area (Å²) in [6.45, 7) is 8.55. The quantitative estimate of drug-likeness (QED) is 0.317. The molecule has 0 aliphatic carbocycles. The minimum absolute atomic E-state index is 0. The molecule has 1 fully saturated rings. The Kier molecular flexibility index (Phi) is 10.2. The lowest BCUT2D eigenvalue weighted by Gasteiger charge is -2.36. The van der Waals surface area contributed by atoms with Gasteiger partial charge in [0.05, 0.1) is 11.0 Å². The van der Waals surface area contributed by atoms with Crippen LogP contribution in [-0.2, 0) is 6.42 Å². The number of nitrogens with zero attached hydrogens (tertiary/aromatic N) is 3. The average Bonchev–Trinajstić information content (AvgIpc) is 3.34. The fourth-order valence-electron chi connectivity index (χ4n) is 3.45. The van der Waals surface area contributed by atoms with Crippen molar-refractivity contribution in [2.45, 2.75) is 39.2 Å². The number of hydrogen-bond acceptors (Lipinski definition) is 5. The van der Waals surface area contributed by atoms with E-state index in [-0.39, 0.29) is 24.0 Å². The number of aliphatic imine (C=N–C) groups is 1. The van der Waals surface area contributed by atoms with E-state index in [2.05, 4.69) is 56.9 Å². The molecule has 0 spiro atoms. The number of aryl methyl sites for hydroxylation is 1. The minimum Gasteiger partial charge on any atom is -0.356 e. The Morgan fingerprint density at radius 1 is 1.36 bits per heavy atom. The molecule has 2 N–H and O–H groups in total. The average molecular weight is 534 g/mol. The lowest BCUT2D eigenvalue weighted by atomic mass is 9.97. The third kappa shape index (κ3) is 6.96. The van der Waals surface area contributed by atoms with E-state index in [1.807, 2.05) is 24.6 Å². The predicted octanol–water partition coefficient (Wildman–Crippen LogP) is 4.31. The number of piperidine rings is 1. The molecule has 156 valence electrons. The van der Waals surface area contributed by atoms with Crippen LogP contribution in [0.5, 0.6) is 0 Å². The molecule has 0 saturated carbocycles. The summed E-state index contributed by atoms with van der Waals surface area (Å²) in [6, 6.07) is 4.83. The van der Waals surface area contributed by atoms with Crippen LogP contribution in [0, 0.1) is 12.8 Å². The van der Waals surface area contributed by atoms with Crippen molar-refractivity contribution in [3.05, 3.63) is 38.5 Å². The zero-order chi connectivity index (χ0) is 19.1. The summed E-state index contributed by atoms with van der Waals surface area (Å²) < 4.78 is 0. The van der Waals surface area contributed by atoms with Crippen molar-refractivity contribution in [3.63, 3.8) is 0 Å². The molecule has 1 aliphatic rings. The van der Waals surface area contributed by atoms with Crippen molar-refractivity contribution >= 4 is 52.6 Å². The van der Waals surface area contributed by atoms with Gasteiger partial charge in [-0.15, -0.1) is 46.7 Å². The van der Waals surface area contributed by atoms with E-state index in [0.29, 0.717) is 6.04 Å². The van der Waals surface area contributed by atoms with Gasteiger partial charge in [-0.25, -0.2) is 4.98 Å². The van der Waals surface area contributed by atoms with Gasteiger partial charge in [0.1, 0.15) is 0 Å². The molecular weight excluding hydrogens is 501 g/mol. The summed E-state index contributed by atoms with van der Waals surface area (Å²) in [5, 5.41) is 10.3. The fourth-order valence-corrected chi connectivity index (χ4v) is 5.10. The van der Waals surface area contributed by atoms with Gasteiger partial charge < -0.3 is 10.6 Å². The first kappa shape index (κ1) is 23.6. The Morgan fingerprint density at radius 2 is 2.14 bits per heavy atom. The van der Waals surface area contributed by atoms with E-state index in [9.17, 15) is 0 Å². The second-order valence-corrected chi connectivity index (χ2v) is 9.54. The van der Waals surface area contributed by atoms with Crippen LogP contribution in [0.15, 0.2) is 28.7 Å². The summed E-state index contributed by atoms with van der Waals surface area (Å²) >= 11 is 3.62. The molecule has 3 heterocycles. The number of thiazole rings is 1. The van der Waals surface area contributed by atoms with Gasteiger partial charge >= 0.3 is 0 Å². The number of halogens is 1. The zero-order valence-electron chi connectivity index (χ0n) is 17.0. The summed E-state index contributed by atoms with van der Waals surface area (Å²) in [7, 11) is 1.84. The van der Waals surface area contributed by atoms with Gasteiger partial charge in [-0.2, -0.15) is 0 Å². The molecule has 5 nitrogen and oxygen atoms in total. The molecule has 8 heteroatoms. The van der Waals surface area contributed by atoms with E-state index in [1.54, 1.807) is 11.3 Å². The highest BCUT2D eigenvalue weighted by molar-refractivity contribution is 14.0. The molecule has 1 atom stereocenters. The first-order valence-electron chi connectivity index (χ1n) is 9.79. The van der Waals surface area contributed by atoms with Crippen LogP contribution < -0.4 is 10.6 Å². The normalized spacial score (nSPS) is 17.2. The van der Waals surface area contributed by atoms with Crippen LogP contribution in [-0.4, -0.2) is 49.1 Å². The monoisotopic (exact) mass is 533 g/mol. The first-order chi connectivity index (χ1) is 13.2. The highest BCUT2D eigenvalue weighted by atomic mass is 127. The van der Waals surface area contributed by atoms with Gasteiger partial charge in [0.25, 0.3) is 0 Å². The number of nitrogens with one attached hydrogen (secondary N) is 2. The fraction of sp³-hybridized carbons (Fsp3) is 0.600. The van der Waals surface area contributed by atoms with E-state index >= 15 is 0 Å². The van der Waals surface area contributed by atoms with E-state index in [4.69, 9.17) is 0 Å². The third-order valence-electron chi connectivity index (χ3n) is 5.12. The highest BCUT2D eigenvalue weighted by Crippen LogP contribution is 2.29. The van der Waals surface area contributed by atoms with Crippen molar-refractivity contribution in [1.82, 2.24) is 20.5 Å². The van der Waals surface area contributed by atoms with Crippen molar-refractivity contribution in [2.24, 2.45) is 10.9 Å².